The van der Waals surface area contributed by atoms with E-state index in [4.69, 9.17) is 0 Å². The van der Waals surface area contributed by atoms with Gasteiger partial charge in [0.05, 0.1) is 6.04 Å². The van der Waals surface area contributed by atoms with Crippen LogP contribution in [0.15, 0.2) is 18.2 Å². The highest BCUT2D eigenvalue weighted by atomic mass is 16.1. The lowest BCUT2D eigenvalue weighted by Crippen LogP contribution is -2.43. The lowest BCUT2D eigenvalue weighted by atomic mass is 10.1. The van der Waals surface area contributed by atoms with E-state index < -0.39 is 0 Å². The van der Waals surface area contributed by atoms with Crippen LogP contribution in [0.1, 0.15) is 18.4 Å². The predicted octanol–water partition coefficient (Wildman–Crippen LogP) is 0.552. The second-order valence-electron chi connectivity index (χ2n) is 6.37. The summed E-state index contributed by atoms with van der Waals surface area (Å²) in [6, 6.07) is 6.13. The number of aldehydes is 1. The van der Waals surface area contributed by atoms with Crippen molar-refractivity contribution in [3.05, 3.63) is 23.8 Å². The number of nitrogens with one attached hydrogen (secondary N) is 2. The van der Waals surface area contributed by atoms with Crippen molar-refractivity contribution >= 4 is 23.6 Å². The minimum Gasteiger partial charge on any atom is -0.369 e. The van der Waals surface area contributed by atoms with Crippen LogP contribution in [0.4, 0.5) is 11.4 Å². The Balaban J connectivity index is 1.78. The Bertz CT molecular complexity index is 599. The van der Waals surface area contributed by atoms with Crippen LogP contribution in [0, 0.1) is 0 Å². The quantitative estimate of drug-likeness (QED) is 0.746. The van der Waals surface area contributed by atoms with E-state index in [0.717, 1.165) is 51.1 Å². The number of nitrogens with zero attached hydrogens (tertiary/aromatic N) is 2. The second-order valence-corrected chi connectivity index (χ2v) is 6.37. The highest BCUT2D eigenvalue weighted by molar-refractivity contribution is 5.78. The van der Waals surface area contributed by atoms with Gasteiger partial charge in [0.1, 0.15) is 6.29 Å². The Kier molecular flexibility index (Phi) is 5.35. The third-order valence-corrected chi connectivity index (χ3v) is 5.00. The minimum atomic E-state index is -0.234. The van der Waals surface area contributed by atoms with E-state index in [1.807, 2.05) is 0 Å². The number of hydrogen-bond donors (Lipinski definition) is 2. The largest absolute Gasteiger partial charge is 0.369 e. The van der Waals surface area contributed by atoms with Crippen molar-refractivity contribution in [3.8, 4) is 0 Å². The lowest BCUT2D eigenvalue weighted by molar-refractivity contribution is -0.120. The van der Waals surface area contributed by atoms with Crippen molar-refractivity contribution < 1.29 is 9.59 Å². The normalized spacial score (nSPS) is 18.2. The number of carbonyl (C=O) groups excluding carboxylic acids is 2. The van der Waals surface area contributed by atoms with Crippen LogP contribution < -0.4 is 20.4 Å². The van der Waals surface area contributed by atoms with E-state index in [-0.39, 0.29) is 11.9 Å². The molecule has 0 aromatic heterocycles. The molecule has 1 saturated heterocycles. The van der Waals surface area contributed by atoms with E-state index >= 15 is 0 Å². The topological polar surface area (TPSA) is 64.7 Å². The van der Waals surface area contributed by atoms with E-state index in [2.05, 4.69) is 38.6 Å². The first-order valence-corrected chi connectivity index (χ1v) is 8.74. The van der Waals surface area contributed by atoms with Crippen molar-refractivity contribution in [1.29, 1.82) is 0 Å². The summed E-state index contributed by atoms with van der Waals surface area (Å²) >= 11 is 0. The van der Waals surface area contributed by atoms with E-state index in [9.17, 15) is 9.59 Å². The van der Waals surface area contributed by atoms with Crippen LogP contribution in [-0.4, -0.2) is 58.0 Å². The van der Waals surface area contributed by atoms with Crippen LogP contribution in [0.2, 0.25) is 0 Å². The van der Waals surface area contributed by atoms with Crippen molar-refractivity contribution in [2.45, 2.75) is 25.3 Å². The number of anilines is 2. The highest BCUT2D eigenvalue weighted by Crippen LogP contribution is 2.37. The van der Waals surface area contributed by atoms with Crippen molar-refractivity contribution in [2.75, 3.05) is 49.6 Å². The molecule has 1 atom stereocenters. The van der Waals surface area contributed by atoms with Gasteiger partial charge in [-0.15, -0.1) is 0 Å². The first-order valence-electron chi connectivity index (χ1n) is 8.74. The van der Waals surface area contributed by atoms with Crippen molar-refractivity contribution in [2.24, 2.45) is 0 Å². The van der Waals surface area contributed by atoms with E-state index in [1.165, 1.54) is 11.3 Å². The third-order valence-electron chi connectivity index (χ3n) is 5.00. The minimum absolute atomic E-state index is 0.0177. The van der Waals surface area contributed by atoms with Crippen LogP contribution in [0.5, 0.6) is 0 Å². The molecule has 1 amide bonds. The van der Waals surface area contributed by atoms with Crippen LogP contribution in [0.25, 0.3) is 0 Å². The summed E-state index contributed by atoms with van der Waals surface area (Å²) in [4.78, 5) is 27.7. The average molecular weight is 330 g/mol. The predicted molar refractivity (Wildman–Crippen MR) is 95.7 cm³/mol. The van der Waals surface area contributed by atoms with Gasteiger partial charge in [-0.1, -0.05) is 6.07 Å². The summed E-state index contributed by atoms with van der Waals surface area (Å²) in [5, 5.41) is 6.01. The van der Waals surface area contributed by atoms with Crippen LogP contribution >= 0.6 is 0 Å². The van der Waals surface area contributed by atoms with Gasteiger partial charge in [-0.05, 0) is 25.0 Å². The number of rotatable bonds is 6. The van der Waals surface area contributed by atoms with Gasteiger partial charge in [0.2, 0.25) is 5.91 Å². The molecule has 0 saturated carbocycles. The first-order chi connectivity index (χ1) is 11.7. The molecule has 1 aromatic carbocycles. The SMILES string of the molecule is CNC(=O)CCC(C=O)N1CCc2c(N3CCNCC3)cccc21. The average Bonchev–Trinajstić information content (AvgIpc) is 3.07. The molecule has 0 aliphatic carbocycles. The standard InChI is InChI=1S/C18H26N4O2/c1-19-18(24)6-5-14(13-23)22-10-7-15-16(3-2-4-17(15)22)21-11-8-20-9-12-21/h2-4,13-14,20H,5-12H2,1H3,(H,19,24). The maximum absolute atomic E-state index is 11.6. The van der Waals surface area contributed by atoms with Crippen LogP contribution in [-0.2, 0) is 16.0 Å². The molecule has 0 radical (unpaired) electrons. The molecule has 0 bridgehead atoms. The Hall–Kier alpha value is -2.08. The molecule has 6 nitrogen and oxygen atoms in total. The summed E-state index contributed by atoms with van der Waals surface area (Å²) in [6.07, 6.45) is 2.87. The number of hydrogen-bond acceptors (Lipinski definition) is 5. The van der Waals surface area contributed by atoms with Gasteiger partial charge < -0.3 is 25.2 Å². The fraction of sp³-hybridized carbons (Fsp3) is 0.556. The molecule has 130 valence electrons. The maximum Gasteiger partial charge on any atom is 0.219 e. The summed E-state index contributed by atoms with van der Waals surface area (Å²) in [5.74, 6) is -0.0177. The van der Waals surface area contributed by atoms with Gasteiger partial charge in [-0.2, -0.15) is 0 Å². The van der Waals surface area contributed by atoms with Gasteiger partial charge in [0, 0.05) is 63.1 Å². The fourth-order valence-corrected chi connectivity index (χ4v) is 3.69. The molecular weight excluding hydrogens is 304 g/mol. The van der Waals surface area contributed by atoms with Crippen LogP contribution in [0.3, 0.4) is 0 Å². The number of piperazine rings is 1. The summed E-state index contributed by atoms with van der Waals surface area (Å²) in [6.45, 7) is 4.90. The van der Waals surface area contributed by atoms with Gasteiger partial charge in [-0.25, -0.2) is 0 Å². The molecule has 6 heteroatoms. The van der Waals surface area contributed by atoms with Gasteiger partial charge in [-0.3, -0.25) is 4.79 Å². The molecule has 2 N–H and O–H groups in total. The zero-order valence-corrected chi connectivity index (χ0v) is 14.3. The molecule has 24 heavy (non-hydrogen) atoms. The lowest BCUT2D eigenvalue weighted by Gasteiger charge is -2.32. The Morgan fingerprint density at radius 3 is 2.75 bits per heavy atom. The maximum atomic E-state index is 11.6. The molecule has 2 aliphatic heterocycles. The number of fused-ring (bicyclic) bond motifs is 1. The fourth-order valence-electron chi connectivity index (χ4n) is 3.69. The van der Waals surface area contributed by atoms with Crippen molar-refractivity contribution in [1.82, 2.24) is 10.6 Å². The van der Waals surface area contributed by atoms with Gasteiger partial charge in [0.15, 0.2) is 0 Å². The first kappa shape index (κ1) is 16.8. The number of amides is 1. The Morgan fingerprint density at radius 1 is 1.29 bits per heavy atom. The zero-order valence-electron chi connectivity index (χ0n) is 14.3. The Morgan fingerprint density at radius 2 is 2.04 bits per heavy atom. The summed E-state index contributed by atoms with van der Waals surface area (Å²) in [7, 11) is 1.63. The molecular formula is C18H26N4O2. The molecule has 1 aromatic rings. The molecule has 1 unspecified atom stereocenters. The van der Waals surface area contributed by atoms with E-state index in [0.29, 0.717) is 12.8 Å². The highest BCUT2D eigenvalue weighted by Gasteiger charge is 2.29. The molecule has 2 heterocycles. The molecule has 3 rings (SSSR count). The number of benzene rings is 1. The smallest absolute Gasteiger partial charge is 0.219 e. The van der Waals surface area contributed by atoms with Gasteiger partial charge in [0.25, 0.3) is 0 Å². The van der Waals surface area contributed by atoms with Crippen molar-refractivity contribution in [3.63, 3.8) is 0 Å². The Labute approximate surface area is 143 Å². The molecule has 1 fully saturated rings. The zero-order chi connectivity index (χ0) is 16.9. The monoisotopic (exact) mass is 330 g/mol. The van der Waals surface area contributed by atoms with Gasteiger partial charge >= 0.3 is 0 Å². The summed E-state index contributed by atoms with van der Waals surface area (Å²) < 4.78 is 0. The van der Waals surface area contributed by atoms with E-state index in [1.54, 1.807) is 7.05 Å². The molecule has 2 aliphatic rings. The number of carbonyl (C=O) groups is 2. The summed E-state index contributed by atoms with van der Waals surface area (Å²) in [5.41, 5.74) is 3.79. The molecule has 0 spiro atoms. The second kappa shape index (κ2) is 7.66. The third kappa shape index (κ3) is 3.38.